The number of nitrogens with zero attached hydrogens (tertiary/aromatic N) is 2. The van der Waals surface area contributed by atoms with Gasteiger partial charge in [0.05, 0.1) is 3.79 Å². The van der Waals surface area contributed by atoms with E-state index in [1.165, 1.54) is 11.3 Å². The summed E-state index contributed by atoms with van der Waals surface area (Å²) >= 11 is 6.33. The molecule has 2 aromatic heterocycles. The van der Waals surface area contributed by atoms with Crippen LogP contribution in [-0.2, 0) is 6.54 Å². The number of thiophene rings is 1. The molecule has 2 heterocycles. The molecule has 0 atom stereocenters. The molecule has 114 valence electrons. The maximum atomic E-state index is 12.4. The molecular formula is C13H17BrN4OS2. The molecule has 0 saturated carbocycles. The van der Waals surface area contributed by atoms with Crippen LogP contribution in [0.5, 0.6) is 0 Å². The fourth-order valence-electron chi connectivity index (χ4n) is 1.74. The molecule has 0 bridgehead atoms. The van der Waals surface area contributed by atoms with Crippen molar-refractivity contribution in [2.45, 2.75) is 19.9 Å². The lowest BCUT2D eigenvalue weighted by atomic mass is 10.3. The molecule has 8 heteroatoms. The largest absolute Gasteiger partial charge is 0.382 e. The maximum absolute atomic E-state index is 12.4. The van der Waals surface area contributed by atoms with E-state index in [1.54, 1.807) is 23.3 Å². The van der Waals surface area contributed by atoms with Crippen molar-refractivity contribution in [3.05, 3.63) is 25.7 Å². The van der Waals surface area contributed by atoms with Crippen molar-refractivity contribution in [1.82, 2.24) is 9.88 Å². The molecule has 2 aromatic rings. The van der Waals surface area contributed by atoms with Crippen LogP contribution in [0.2, 0.25) is 0 Å². The molecule has 0 aliphatic rings. The van der Waals surface area contributed by atoms with Crippen LogP contribution in [0.4, 0.5) is 10.9 Å². The minimum Gasteiger partial charge on any atom is -0.382 e. The van der Waals surface area contributed by atoms with Gasteiger partial charge in [0.1, 0.15) is 10.7 Å². The van der Waals surface area contributed by atoms with E-state index in [2.05, 4.69) is 33.2 Å². The molecule has 3 N–H and O–H groups in total. The standard InChI is InChI=1S/C13H17BrN4OS2/c1-3-4-16-13-17-11(15)10(21-13)12(19)18(2)6-8-5-9(14)20-7-8/h5,7H,3-4,6,15H2,1-2H3,(H,16,17). The fraction of sp³-hybridized carbons (Fsp3) is 0.385. The zero-order valence-corrected chi connectivity index (χ0v) is 15.1. The van der Waals surface area contributed by atoms with E-state index in [-0.39, 0.29) is 5.91 Å². The number of hydrogen-bond donors (Lipinski definition) is 2. The average Bonchev–Trinajstić information content (AvgIpc) is 3.01. The van der Waals surface area contributed by atoms with E-state index >= 15 is 0 Å². The van der Waals surface area contributed by atoms with Crippen LogP contribution in [0.15, 0.2) is 15.2 Å². The molecule has 0 aliphatic heterocycles. The summed E-state index contributed by atoms with van der Waals surface area (Å²) in [7, 11) is 1.77. The highest BCUT2D eigenvalue weighted by atomic mass is 79.9. The molecule has 5 nitrogen and oxygen atoms in total. The summed E-state index contributed by atoms with van der Waals surface area (Å²) in [4.78, 5) is 18.8. The van der Waals surface area contributed by atoms with Crippen LogP contribution in [0.25, 0.3) is 0 Å². The summed E-state index contributed by atoms with van der Waals surface area (Å²) in [6.45, 7) is 3.44. The lowest BCUT2D eigenvalue weighted by Crippen LogP contribution is -2.25. The monoisotopic (exact) mass is 388 g/mol. The summed E-state index contributed by atoms with van der Waals surface area (Å²) in [5, 5.41) is 5.88. The van der Waals surface area contributed by atoms with Gasteiger partial charge in [-0.1, -0.05) is 18.3 Å². The highest BCUT2D eigenvalue weighted by molar-refractivity contribution is 9.11. The summed E-state index contributed by atoms with van der Waals surface area (Å²) in [6, 6.07) is 2.01. The number of carbonyl (C=O) groups excluding carboxylic acids is 1. The average molecular weight is 389 g/mol. The normalized spacial score (nSPS) is 10.6. The van der Waals surface area contributed by atoms with Gasteiger partial charge >= 0.3 is 0 Å². The van der Waals surface area contributed by atoms with E-state index in [4.69, 9.17) is 5.73 Å². The summed E-state index contributed by atoms with van der Waals surface area (Å²) in [5.41, 5.74) is 6.95. The van der Waals surface area contributed by atoms with Gasteiger partial charge in [0.25, 0.3) is 5.91 Å². The third-order valence-corrected chi connectivity index (χ3v) is 5.33. The molecule has 0 fully saturated rings. The molecule has 2 rings (SSSR count). The molecule has 21 heavy (non-hydrogen) atoms. The number of nitrogen functional groups attached to an aromatic ring is 1. The molecule has 0 aliphatic carbocycles. The topological polar surface area (TPSA) is 71.2 Å². The SMILES string of the molecule is CCCNc1nc(N)c(C(=O)N(C)Cc2csc(Br)c2)s1. The Bertz CT molecular complexity index is 625. The minimum atomic E-state index is -0.100. The molecule has 0 saturated heterocycles. The van der Waals surface area contributed by atoms with Crippen LogP contribution in [0, 0.1) is 0 Å². The van der Waals surface area contributed by atoms with Gasteiger partial charge in [-0.15, -0.1) is 11.3 Å². The van der Waals surface area contributed by atoms with Crippen molar-refractivity contribution >= 4 is 55.5 Å². The van der Waals surface area contributed by atoms with Crippen molar-refractivity contribution in [1.29, 1.82) is 0 Å². The number of rotatable bonds is 6. The van der Waals surface area contributed by atoms with E-state index in [0.29, 0.717) is 22.4 Å². The lowest BCUT2D eigenvalue weighted by molar-refractivity contribution is 0.0791. The lowest BCUT2D eigenvalue weighted by Gasteiger charge is -2.15. The summed E-state index contributed by atoms with van der Waals surface area (Å²) in [5.74, 6) is 0.193. The van der Waals surface area contributed by atoms with Crippen molar-refractivity contribution < 1.29 is 4.79 Å². The van der Waals surface area contributed by atoms with E-state index < -0.39 is 0 Å². The molecule has 0 spiro atoms. The number of nitrogens with one attached hydrogen (secondary N) is 1. The minimum absolute atomic E-state index is 0.100. The Morgan fingerprint density at radius 3 is 2.95 bits per heavy atom. The maximum Gasteiger partial charge on any atom is 0.267 e. The third-order valence-electron chi connectivity index (χ3n) is 2.76. The number of aromatic nitrogens is 1. The fourth-order valence-corrected chi connectivity index (χ4v) is 3.85. The number of nitrogens with two attached hydrogens (primary N) is 1. The van der Waals surface area contributed by atoms with Gasteiger partial charge in [-0.05, 0) is 39.4 Å². The van der Waals surface area contributed by atoms with Crippen molar-refractivity contribution in [2.24, 2.45) is 0 Å². The van der Waals surface area contributed by atoms with Gasteiger partial charge in [-0.3, -0.25) is 4.79 Å². The predicted molar refractivity (Wildman–Crippen MR) is 93.1 cm³/mol. The van der Waals surface area contributed by atoms with Crippen molar-refractivity contribution in [3.63, 3.8) is 0 Å². The first kappa shape index (κ1) is 16.3. The Kier molecular flexibility index (Phi) is 5.60. The number of carbonyl (C=O) groups is 1. The summed E-state index contributed by atoms with van der Waals surface area (Å²) in [6.07, 6.45) is 0.996. The van der Waals surface area contributed by atoms with Crippen LogP contribution >= 0.6 is 38.6 Å². The number of hydrogen-bond acceptors (Lipinski definition) is 6. The van der Waals surface area contributed by atoms with E-state index in [9.17, 15) is 4.79 Å². The number of amides is 1. The first-order valence-corrected chi connectivity index (χ1v) is 8.98. The van der Waals surface area contributed by atoms with Crippen molar-refractivity contribution in [2.75, 3.05) is 24.6 Å². The second-order valence-corrected chi connectivity index (χ2v) is 7.87. The Hall–Kier alpha value is -1.12. The van der Waals surface area contributed by atoms with Crippen LogP contribution in [0.1, 0.15) is 28.6 Å². The van der Waals surface area contributed by atoms with Gasteiger partial charge in [0.15, 0.2) is 5.13 Å². The van der Waals surface area contributed by atoms with Gasteiger partial charge in [-0.25, -0.2) is 4.98 Å². The molecule has 0 unspecified atom stereocenters. The highest BCUT2D eigenvalue weighted by Gasteiger charge is 2.20. The molecule has 0 radical (unpaired) electrons. The third kappa shape index (κ3) is 4.18. The van der Waals surface area contributed by atoms with Gasteiger partial charge in [0, 0.05) is 20.1 Å². The Morgan fingerprint density at radius 2 is 2.33 bits per heavy atom. The second kappa shape index (κ2) is 7.24. The first-order chi connectivity index (χ1) is 10.0. The zero-order chi connectivity index (χ0) is 15.4. The Balaban J connectivity index is 2.06. The van der Waals surface area contributed by atoms with E-state index in [0.717, 1.165) is 22.3 Å². The summed E-state index contributed by atoms with van der Waals surface area (Å²) < 4.78 is 1.06. The number of anilines is 2. The van der Waals surface area contributed by atoms with Gasteiger partial charge in [0.2, 0.25) is 0 Å². The quantitative estimate of drug-likeness (QED) is 0.791. The van der Waals surface area contributed by atoms with Crippen LogP contribution < -0.4 is 11.1 Å². The smallest absolute Gasteiger partial charge is 0.267 e. The number of thiazole rings is 1. The predicted octanol–water partition coefficient (Wildman–Crippen LogP) is 3.64. The highest BCUT2D eigenvalue weighted by Crippen LogP contribution is 2.27. The van der Waals surface area contributed by atoms with Gasteiger partial charge < -0.3 is 16.0 Å². The number of halogens is 1. The first-order valence-electron chi connectivity index (χ1n) is 6.49. The van der Waals surface area contributed by atoms with E-state index in [1.807, 2.05) is 11.4 Å². The molecule has 0 aromatic carbocycles. The van der Waals surface area contributed by atoms with Crippen LogP contribution in [-0.4, -0.2) is 29.4 Å². The molecular weight excluding hydrogens is 372 g/mol. The van der Waals surface area contributed by atoms with Crippen LogP contribution in [0.3, 0.4) is 0 Å². The zero-order valence-electron chi connectivity index (χ0n) is 11.9. The van der Waals surface area contributed by atoms with Gasteiger partial charge in [-0.2, -0.15) is 0 Å². The molecule has 1 amide bonds. The van der Waals surface area contributed by atoms with Crippen molar-refractivity contribution in [3.8, 4) is 0 Å². The Morgan fingerprint density at radius 1 is 1.57 bits per heavy atom. The second-order valence-electron chi connectivity index (χ2n) is 4.58. The Labute approximate surface area is 140 Å².